The average Bonchev–Trinajstić information content (AvgIpc) is 1.87. The molecule has 0 aromatic carbocycles. The van der Waals surface area contributed by atoms with E-state index < -0.39 is 6.03 Å². The van der Waals surface area contributed by atoms with Crippen molar-refractivity contribution in [1.29, 1.82) is 0 Å². The van der Waals surface area contributed by atoms with Crippen molar-refractivity contribution in [2.75, 3.05) is 6.54 Å². The molecule has 0 bridgehead atoms. The summed E-state index contributed by atoms with van der Waals surface area (Å²) >= 11 is 0. The molecule has 0 spiro atoms. The van der Waals surface area contributed by atoms with Crippen molar-refractivity contribution in [2.24, 2.45) is 0 Å². The van der Waals surface area contributed by atoms with Gasteiger partial charge in [0.2, 0.25) is 5.91 Å². The molecule has 1 rings (SSSR count). The summed E-state index contributed by atoms with van der Waals surface area (Å²) in [5.41, 5.74) is 0. The maximum atomic E-state index is 10.1. The van der Waals surface area contributed by atoms with Gasteiger partial charge in [-0.1, -0.05) is 0 Å². The quantitative estimate of drug-likeness (QED) is 0.284. The van der Waals surface area contributed by atoms with Crippen molar-refractivity contribution >= 4 is 11.9 Å². The number of hydrogen-bond donors (Lipinski definition) is 2. The fourth-order valence-corrected chi connectivity index (χ4v) is 0.376. The molecule has 0 unspecified atom stereocenters. The van der Waals surface area contributed by atoms with Gasteiger partial charge in [-0.15, -0.1) is 0 Å². The summed E-state index contributed by atoms with van der Waals surface area (Å²) in [6.07, 6.45) is 0. The Labute approximate surface area is 108 Å². The van der Waals surface area contributed by atoms with Gasteiger partial charge >= 0.3 is 65.1 Å². The standard InChI is InChI=1S/C3H4N2O2.2Na.2H2O/c6-2-1-4-3(7)5-2;;;;/h1H2,(H2,4,5,6,7);;;2*1H2/q;2*+1;;/p-2. The van der Waals surface area contributed by atoms with Crippen LogP contribution in [-0.4, -0.2) is 29.4 Å². The molecule has 1 heterocycles. The van der Waals surface area contributed by atoms with Gasteiger partial charge in [0.1, 0.15) is 0 Å². The van der Waals surface area contributed by atoms with E-state index in [0.717, 1.165) is 0 Å². The van der Waals surface area contributed by atoms with Gasteiger partial charge in [-0.2, -0.15) is 0 Å². The van der Waals surface area contributed by atoms with Crippen molar-refractivity contribution in [2.45, 2.75) is 0 Å². The summed E-state index contributed by atoms with van der Waals surface area (Å²) in [6, 6.07) is -0.398. The molecule has 1 aliphatic rings. The van der Waals surface area contributed by atoms with Gasteiger partial charge in [-0.3, -0.25) is 10.1 Å². The van der Waals surface area contributed by atoms with E-state index in [9.17, 15) is 9.59 Å². The Morgan fingerprint density at radius 2 is 1.55 bits per heavy atom. The zero-order valence-corrected chi connectivity index (χ0v) is 10.4. The number of carbonyl (C=O) groups is 2. The van der Waals surface area contributed by atoms with Crippen molar-refractivity contribution in [3.05, 3.63) is 0 Å². The number of amides is 3. The molecule has 0 radical (unpaired) electrons. The molecule has 1 saturated heterocycles. The number of urea groups is 1. The van der Waals surface area contributed by atoms with E-state index in [1.807, 2.05) is 5.32 Å². The molecular weight excluding hydrogens is 174 g/mol. The third kappa shape index (κ3) is 8.77. The van der Waals surface area contributed by atoms with Gasteiger partial charge in [0, 0.05) is 0 Å². The molecule has 0 atom stereocenters. The maximum absolute atomic E-state index is 10.1. The number of imide groups is 1. The van der Waals surface area contributed by atoms with Gasteiger partial charge in [0.25, 0.3) is 0 Å². The number of hydrogen-bond acceptors (Lipinski definition) is 4. The van der Waals surface area contributed by atoms with Gasteiger partial charge in [0.05, 0.1) is 6.54 Å². The summed E-state index contributed by atoms with van der Waals surface area (Å²) in [4.78, 5) is 20.1. The number of nitrogens with one attached hydrogen (secondary N) is 2. The largest absolute Gasteiger partial charge is 1.00 e. The molecule has 0 saturated carbocycles. The molecule has 4 N–H and O–H groups in total. The maximum Gasteiger partial charge on any atom is 1.00 e. The topological polar surface area (TPSA) is 118 Å². The minimum Gasteiger partial charge on any atom is -0.870 e. The van der Waals surface area contributed by atoms with E-state index in [4.69, 9.17) is 0 Å². The van der Waals surface area contributed by atoms with Gasteiger partial charge < -0.3 is 16.3 Å². The Bertz CT molecular complexity index is 117. The fourth-order valence-electron chi connectivity index (χ4n) is 0.376. The predicted molar refractivity (Wildman–Crippen MR) is 25.4 cm³/mol. The Hall–Kier alpha value is 0.860. The fraction of sp³-hybridized carbons (Fsp3) is 0.333. The molecule has 11 heavy (non-hydrogen) atoms. The molecule has 6 nitrogen and oxygen atoms in total. The molecule has 0 aromatic heterocycles. The van der Waals surface area contributed by atoms with Crippen LogP contribution in [0, 0.1) is 0 Å². The average molecular weight is 180 g/mol. The van der Waals surface area contributed by atoms with E-state index >= 15 is 0 Å². The van der Waals surface area contributed by atoms with Crippen LogP contribution in [0.1, 0.15) is 0 Å². The van der Waals surface area contributed by atoms with Crippen LogP contribution in [0.2, 0.25) is 0 Å². The van der Waals surface area contributed by atoms with Crippen LogP contribution in [-0.2, 0) is 4.79 Å². The van der Waals surface area contributed by atoms with Crippen LogP contribution < -0.4 is 69.7 Å². The minimum atomic E-state index is -0.398. The Morgan fingerprint density at radius 3 is 1.64 bits per heavy atom. The zero-order valence-electron chi connectivity index (χ0n) is 6.42. The molecule has 8 heteroatoms. The van der Waals surface area contributed by atoms with Crippen molar-refractivity contribution < 1.29 is 79.7 Å². The minimum absolute atomic E-state index is 0. The van der Waals surface area contributed by atoms with Crippen LogP contribution >= 0.6 is 0 Å². The smallest absolute Gasteiger partial charge is 0.870 e. The summed E-state index contributed by atoms with van der Waals surface area (Å²) in [7, 11) is 0. The third-order valence-electron chi connectivity index (χ3n) is 0.662. The SMILES string of the molecule is O=C1CNC(=O)N1.[Na+].[Na+].[OH-].[OH-]. The van der Waals surface area contributed by atoms with E-state index in [1.165, 1.54) is 0 Å². The second-order valence-corrected chi connectivity index (χ2v) is 1.23. The summed E-state index contributed by atoms with van der Waals surface area (Å²) < 4.78 is 0. The van der Waals surface area contributed by atoms with E-state index in [1.54, 1.807) is 0 Å². The Morgan fingerprint density at radius 1 is 1.09 bits per heavy atom. The van der Waals surface area contributed by atoms with Crippen molar-refractivity contribution in [3.8, 4) is 0 Å². The summed E-state index contributed by atoms with van der Waals surface area (Å²) in [6.45, 7) is 0.124. The first-order chi connectivity index (χ1) is 3.29. The molecule has 1 aliphatic heterocycles. The van der Waals surface area contributed by atoms with Gasteiger partial charge in [-0.05, 0) is 0 Å². The molecule has 0 aromatic rings. The molecule has 54 valence electrons. The first-order valence-corrected chi connectivity index (χ1v) is 1.87. The Kier molecular flexibility index (Phi) is 22.4. The van der Waals surface area contributed by atoms with Gasteiger partial charge in [-0.25, -0.2) is 4.79 Å². The third-order valence-corrected chi connectivity index (χ3v) is 0.662. The molecular formula is C3H6N2Na2O4. The number of rotatable bonds is 0. The van der Waals surface area contributed by atoms with Crippen LogP contribution in [0.25, 0.3) is 0 Å². The number of carbonyl (C=O) groups excluding carboxylic acids is 2. The van der Waals surface area contributed by atoms with E-state index in [0.29, 0.717) is 0 Å². The molecule has 1 fully saturated rings. The summed E-state index contributed by atoms with van der Waals surface area (Å²) in [5.74, 6) is -0.259. The van der Waals surface area contributed by atoms with Crippen LogP contribution in [0.3, 0.4) is 0 Å². The molecule has 0 aliphatic carbocycles. The first-order valence-electron chi connectivity index (χ1n) is 1.87. The normalized spacial score (nSPS) is 12.0. The van der Waals surface area contributed by atoms with Crippen molar-refractivity contribution in [3.63, 3.8) is 0 Å². The van der Waals surface area contributed by atoms with Crippen molar-refractivity contribution in [1.82, 2.24) is 10.6 Å². The predicted octanol–water partition coefficient (Wildman–Crippen LogP) is -7.52. The van der Waals surface area contributed by atoms with E-state index in [-0.39, 0.29) is 82.5 Å². The van der Waals surface area contributed by atoms with Crippen LogP contribution in [0.4, 0.5) is 4.79 Å². The Balaban J connectivity index is -0.0000000612. The second-order valence-electron chi connectivity index (χ2n) is 1.23. The monoisotopic (exact) mass is 180 g/mol. The van der Waals surface area contributed by atoms with Gasteiger partial charge in [0.15, 0.2) is 0 Å². The second kappa shape index (κ2) is 10.9. The summed E-state index contributed by atoms with van der Waals surface area (Å²) in [5, 5.41) is 4.30. The van der Waals surface area contributed by atoms with Crippen LogP contribution in [0.5, 0.6) is 0 Å². The molecule has 3 amide bonds. The van der Waals surface area contributed by atoms with Crippen LogP contribution in [0.15, 0.2) is 0 Å². The zero-order chi connectivity index (χ0) is 5.28. The van der Waals surface area contributed by atoms with E-state index in [2.05, 4.69) is 5.32 Å². The first kappa shape index (κ1) is 22.6.